The summed E-state index contributed by atoms with van der Waals surface area (Å²) in [6.07, 6.45) is 0. The molecule has 0 saturated carbocycles. The molecule has 2 rings (SSSR count). The third-order valence-corrected chi connectivity index (χ3v) is 2.91. The molecule has 0 heterocycles. The zero-order valence-electron chi connectivity index (χ0n) is 11.8. The Morgan fingerprint density at radius 2 is 1.76 bits per heavy atom. The Labute approximate surface area is 123 Å². The van der Waals surface area contributed by atoms with Crippen molar-refractivity contribution in [1.82, 2.24) is 10.4 Å². The van der Waals surface area contributed by atoms with E-state index < -0.39 is 6.03 Å². The molecule has 2 aromatic rings. The molecular weight excluding hydrogens is 268 g/mol. The molecule has 0 aliphatic carbocycles. The molecule has 0 unspecified atom stereocenters. The largest absolute Gasteiger partial charge is 0.489 e. The predicted molar refractivity (Wildman–Crippen MR) is 79.0 cm³/mol. The van der Waals surface area contributed by atoms with Crippen molar-refractivity contribution in [3.05, 3.63) is 65.7 Å². The molecule has 0 bridgehead atoms. The third kappa shape index (κ3) is 4.81. The first kappa shape index (κ1) is 14.9. The molecule has 2 N–H and O–H groups in total. The van der Waals surface area contributed by atoms with E-state index in [1.165, 1.54) is 7.05 Å². The predicted octanol–water partition coefficient (Wildman–Crippen LogP) is 2.80. The van der Waals surface area contributed by atoms with E-state index in [2.05, 4.69) is 5.32 Å². The van der Waals surface area contributed by atoms with Crippen molar-refractivity contribution in [2.24, 2.45) is 0 Å². The summed E-state index contributed by atoms with van der Waals surface area (Å²) in [5, 5.41) is 12.0. The minimum absolute atomic E-state index is 0.350. The van der Waals surface area contributed by atoms with Gasteiger partial charge in [0, 0.05) is 13.6 Å². The fraction of sp³-hybridized carbons (Fsp3) is 0.188. The van der Waals surface area contributed by atoms with Crippen LogP contribution in [-0.2, 0) is 13.2 Å². The van der Waals surface area contributed by atoms with Crippen LogP contribution in [0.25, 0.3) is 0 Å². The van der Waals surface area contributed by atoms with Crippen molar-refractivity contribution < 1.29 is 14.7 Å². The number of nitrogens with zero attached hydrogens (tertiary/aromatic N) is 1. The average Bonchev–Trinajstić information content (AvgIpc) is 2.52. The number of ether oxygens (including phenoxy) is 1. The Morgan fingerprint density at radius 3 is 2.38 bits per heavy atom. The molecule has 110 valence electrons. The number of benzene rings is 2. The van der Waals surface area contributed by atoms with Gasteiger partial charge in [-0.25, -0.2) is 9.86 Å². The average molecular weight is 286 g/mol. The van der Waals surface area contributed by atoms with Crippen LogP contribution in [0.5, 0.6) is 5.75 Å². The lowest BCUT2D eigenvalue weighted by atomic mass is 10.2. The number of carbonyl (C=O) groups is 1. The fourth-order valence-electron chi connectivity index (χ4n) is 1.74. The maximum Gasteiger partial charge on any atom is 0.341 e. The molecule has 0 fully saturated rings. The van der Waals surface area contributed by atoms with Crippen molar-refractivity contribution in [3.8, 4) is 5.75 Å². The number of hydrogen-bond acceptors (Lipinski definition) is 3. The van der Waals surface area contributed by atoms with E-state index in [-0.39, 0.29) is 0 Å². The van der Waals surface area contributed by atoms with Crippen LogP contribution in [0, 0.1) is 0 Å². The summed E-state index contributed by atoms with van der Waals surface area (Å²) in [6.45, 7) is 0.870. The van der Waals surface area contributed by atoms with Gasteiger partial charge in [-0.1, -0.05) is 42.5 Å². The second kappa shape index (κ2) is 7.31. The van der Waals surface area contributed by atoms with Gasteiger partial charge in [0.15, 0.2) is 0 Å². The second-order valence-electron chi connectivity index (χ2n) is 4.60. The number of nitrogens with one attached hydrogen (secondary N) is 1. The first-order valence-corrected chi connectivity index (χ1v) is 6.61. The SMILES string of the molecule is CN(O)C(=O)NCc1ccc(OCc2ccccc2)cc1. The van der Waals surface area contributed by atoms with Crippen LogP contribution >= 0.6 is 0 Å². The molecular formula is C16H18N2O3. The summed E-state index contributed by atoms with van der Waals surface area (Å²) in [7, 11) is 1.27. The van der Waals surface area contributed by atoms with Crippen LogP contribution in [0.2, 0.25) is 0 Å². The van der Waals surface area contributed by atoms with Gasteiger partial charge in [-0.05, 0) is 23.3 Å². The van der Waals surface area contributed by atoms with Gasteiger partial charge in [0.2, 0.25) is 0 Å². The highest BCUT2D eigenvalue weighted by atomic mass is 16.5. The number of rotatable bonds is 5. The van der Waals surface area contributed by atoms with Crippen LogP contribution in [0.3, 0.4) is 0 Å². The topological polar surface area (TPSA) is 61.8 Å². The first-order chi connectivity index (χ1) is 10.1. The van der Waals surface area contributed by atoms with Crippen molar-refractivity contribution in [2.45, 2.75) is 13.2 Å². The summed E-state index contributed by atoms with van der Waals surface area (Å²) < 4.78 is 5.68. The Kier molecular flexibility index (Phi) is 5.17. The number of amides is 2. The number of carbonyl (C=O) groups excluding carboxylic acids is 1. The summed E-state index contributed by atoms with van der Waals surface area (Å²) in [6, 6.07) is 16.8. The highest BCUT2D eigenvalue weighted by Gasteiger charge is 2.04. The Hall–Kier alpha value is -2.53. The Balaban J connectivity index is 1.83. The van der Waals surface area contributed by atoms with Crippen LogP contribution in [0.4, 0.5) is 4.79 Å². The van der Waals surface area contributed by atoms with Gasteiger partial charge in [-0.3, -0.25) is 5.21 Å². The maximum absolute atomic E-state index is 11.2. The van der Waals surface area contributed by atoms with E-state index in [0.29, 0.717) is 18.2 Å². The Morgan fingerprint density at radius 1 is 1.10 bits per heavy atom. The molecule has 5 heteroatoms. The monoisotopic (exact) mass is 286 g/mol. The van der Waals surface area contributed by atoms with Crippen LogP contribution in [-0.4, -0.2) is 23.3 Å². The van der Waals surface area contributed by atoms with Crippen LogP contribution in [0.15, 0.2) is 54.6 Å². The molecule has 21 heavy (non-hydrogen) atoms. The van der Waals surface area contributed by atoms with Crippen LogP contribution < -0.4 is 10.1 Å². The number of urea groups is 1. The van der Waals surface area contributed by atoms with Gasteiger partial charge in [0.1, 0.15) is 12.4 Å². The molecule has 0 radical (unpaired) electrons. The lowest BCUT2D eigenvalue weighted by Gasteiger charge is -2.11. The van der Waals surface area contributed by atoms with Crippen molar-refractivity contribution in [3.63, 3.8) is 0 Å². The van der Waals surface area contributed by atoms with Gasteiger partial charge in [-0.15, -0.1) is 0 Å². The molecule has 5 nitrogen and oxygen atoms in total. The van der Waals surface area contributed by atoms with Gasteiger partial charge in [0.05, 0.1) is 0 Å². The van der Waals surface area contributed by atoms with Crippen LogP contribution in [0.1, 0.15) is 11.1 Å². The summed E-state index contributed by atoms with van der Waals surface area (Å²) in [4.78, 5) is 11.2. The molecule has 0 atom stereocenters. The molecule has 2 amide bonds. The molecule has 2 aromatic carbocycles. The highest BCUT2D eigenvalue weighted by Crippen LogP contribution is 2.14. The summed E-state index contributed by atoms with van der Waals surface area (Å²) >= 11 is 0. The molecule has 0 saturated heterocycles. The summed E-state index contributed by atoms with van der Waals surface area (Å²) in [5.74, 6) is 0.771. The molecule has 0 aliphatic heterocycles. The normalized spacial score (nSPS) is 10.0. The van der Waals surface area contributed by atoms with Crippen molar-refractivity contribution >= 4 is 6.03 Å². The number of hydrogen-bond donors (Lipinski definition) is 2. The van der Waals surface area contributed by atoms with Gasteiger partial charge in [0.25, 0.3) is 0 Å². The fourth-order valence-corrected chi connectivity index (χ4v) is 1.74. The lowest BCUT2D eigenvalue weighted by Crippen LogP contribution is -2.34. The van der Waals surface area contributed by atoms with Gasteiger partial charge < -0.3 is 10.1 Å². The lowest BCUT2D eigenvalue weighted by molar-refractivity contribution is -0.0184. The highest BCUT2D eigenvalue weighted by molar-refractivity contribution is 5.72. The zero-order valence-corrected chi connectivity index (χ0v) is 11.8. The molecule has 0 aliphatic rings. The van der Waals surface area contributed by atoms with E-state index in [0.717, 1.165) is 16.9 Å². The minimum atomic E-state index is -0.542. The quantitative estimate of drug-likeness (QED) is 0.656. The smallest absolute Gasteiger partial charge is 0.341 e. The van der Waals surface area contributed by atoms with Gasteiger partial charge in [-0.2, -0.15) is 0 Å². The maximum atomic E-state index is 11.2. The number of hydroxylamine groups is 2. The Bertz CT molecular complexity index is 568. The standard InChI is InChI=1S/C16H18N2O3/c1-18(20)16(19)17-11-13-7-9-15(10-8-13)21-12-14-5-3-2-4-6-14/h2-10,20H,11-12H2,1H3,(H,17,19). The van der Waals surface area contributed by atoms with E-state index in [1.807, 2.05) is 54.6 Å². The minimum Gasteiger partial charge on any atom is -0.489 e. The van der Waals surface area contributed by atoms with E-state index in [4.69, 9.17) is 9.94 Å². The first-order valence-electron chi connectivity index (χ1n) is 6.61. The van der Waals surface area contributed by atoms with Crippen molar-refractivity contribution in [1.29, 1.82) is 0 Å². The van der Waals surface area contributed by atoms with E-state index >= 15 is 0 Å². The van der Waals surface area contributed by atoms with Gasteiger partial charge >= 0.3 is 6.03 Å². The van der Waals surface area contributed by atoms with E-state index in [9.17, 15) is 4.79 Å². The molecule has 0 aromatic heterocycles. The van der Waals surface area contributed by atoms with E-state index in [1.54, 1.807) is 0 Å². The summed E-state index contributed by atoms with van der Waals surface area (Å²) in [5.41, 5.74) is 2.04. The molecule has 0 spiro atoms. The zero-order chi connectivity index (χ0) is 15.1. The second-order valence-corrected chi connectivity index (χ2v) is 4.60. The van der Waals surface area contributed by atoms with Crippen molar-refractivity contribution in [2.75, 3.05) is 7.05 Å². The third-order valence-electron chi connectivity index (χ3n) is 2.91.